The van der Waals surface area contributed by atoms with Gasteiger partial charge in [0, 0.05) is 11.9 Å². The van der Waals surface area contributed by atoms with Crippen LogP contribution < -0.4 is 5.32 Å². The molecule has 0 radical (unpaired) electrons. The van der Waals surface area contributed by atoms with Crippen molar-refractivity contribution in [3.63, 3.8) is 0 Å². The Balaban J connectivity index is 1.71. The predicted molar refractivity (Wildman–Crippen MR) is 65.9 cm³/mol. The second-order valence-corrected chi connectivity index (χ2v) is 4.22. The van der Waals surface area contributed by atoms with Crippen molar-refractivity contribution in [2.75, 3.05) is 6.54 Å². The van der Waals surface area contributed by atoms with Crippen LogP contribution >= 0.6 is 11.6 Å². The molecule has 0 aliphatic rings. The fourth-order valence-corrected chi connectivity index (χ4v) is 1.62. The number of rotatable bonds is 5. The molecule has 0 fully saturated rings. The van der Waals surface area contributed by atoms with Gasteiger partial charge >= 0.3 is 0 Å². The summed E-state index contributed by atoms with van der Waals surface area (Å²) in [5.41, 5.74) is 1.26. The molecule has 90 valence electrons. The summed E-state index contributed by atoms with van der Waals surface area (Å²) in [5, 5.41) is 7.83. The molecule has 0 atom stereocenters. The van der Waals surface area contributed by atoms with Gasteiger partial charge in [0.2, 0.25) is 5.89 Å². The van der Waals surface area contributed by atoms with E-state index < -0.39 is 0 Å². The van der Waals surface area contributed by atoms with Crippen LogP contribution in [0.25, 0.3) is 0 Å². The van der Waals surface area contributed by atoms with Crippen LogP contribution in [0, 0.1) is 6.92 Å². The fraction of sp³-hybridized carbons (Fsp3) is 0.333. The lowest BCUT2D eigenvalue weighted by molar-refractivity contribution is 0.385. The topological polar surface area (TPSA) is 51.0 Å². The minimum Gasteiger partial charge on any atom is -0.340 e. The van der Waals surface area contributed by atoms with Crippen LogP contribution in [-0.2, 0) is 13.0 Å². The normalized spacial score (nSPS) is 10.7. The molecule has 0 saturated heterocycles. The van der Waals surface area contributed by atoms with E-state index in [0.717, 1.165) is 18.0 Å². The monoisotopic (exact) mass is 251 g/mol. The number of benzene rings is 1. The molecule has 17 heavy (non-hydrogen) atoms. The molecule has 1 N–H and O–H groups in total. The summed E-state index contributed by atoms with van der Waals surface area (Å²) in [6.07, 6.45) is 0.952. The highest BCUT2D eigenvalue weighted by molar-refractivity contribution is 6.30. The van der Waals surface area contributed by atoms with Crippen molar-refractivity contribution >= 4 is 11.6 Å². The number of aryl methyl sites for hydroxylation is 1. The highest BCUT2D eigenvalue weighted by Gasteiger charge is 2.00. The van der Waals surface area contributed by atoms with E-state index in [9.17, 15) is 0 Å². The van der Waals surface area contributed by atoms with Gasteiger partial charge in [-0.25, -0.2) is 0 Å². The lowest BCUT2D eigenvalue weighted by Gasteiger charge is -2.02. The molecule has 0 spiro atoms. The molecule has 0 amide bonds. The van der Waals surface area contributed by atoms with E-state index in [-0.39, 0.29) is 0 Å². The summed E-state index contributed by atoms with van der Waals surface area (Å²) in [6.45, 7) is 3.28. The maximum absolute atomic E-state index is 5.81. The van der Waals surface area contributed by atoms with Crippen molar-refractivity contribution in [1.29, 1.82) is 0 Å². The van der Waals surface area contributed by atoms with E-state index in [1.807, 2.05) is 24.3 Å². The molecule has 0 bridgehead atoms. The Bertz CT molecular complexity index is 467. The average Bonchev–Trinajstić information content (AvgIpc) is 2.73. The zero-order chi connectivity index (χ0) is 12.1. The summed E-state index contributed by atoms with van der Waals surface area (Å²) in [5.74, 6) is 1.29. The predicted octanol–water partition coefficient (Wildman–Crippen LogP) is 2.36. The summed E-state index contributed by atoms with van der Waals surface area (Å²) >= 11 is 5.81. The van der Waals surface area contributed by atoms with Crippen LogP contribution in [0.1, 0.15) is 17.3 Å². The van der Waals surface area contributed by atoms with Gasteiger partial charge in [-0.1, -0.05) is 28.9 Å². The van der Waals surface area contributed by atoms with Gasteiger partial charge in [-0.2, -0.15) is 4.98 Å². The molecule has 2 aromatic rings. The van der Waals surface area contributed by atoms with Gasteiger partial charge in [-0.3, -0.25) is 0 Å². The summed E-state index contributed by atoms with van der Waals surface area (Å²) in [6, 6.07) is 7.86. The average molecular weight is 252 g/mol. The lowest BCUT2D eigenvalue weighted by Crippen LogP contribution is -2.17. The van der Waals surface area contributed by atoms with Crippen molar-refractivity contribution in [2.24, 2.45) is 0 Å². The van der Waals surface area contributed by atoms with Gasteiger partial charge in [0.1, 0.15) is 0 Å². The van der Waals surface area contributed by atoms with Gasteiger partial charge in [0.25, 0.3) is 0 Å². The molecule has 1 heterocycles. The van der Waals surface area contributed by atoms with Crippen LogP contribution in [0.4, 0.5) is 0 Å². The molecule has 4 nitrogen and oxygen atoms in total. The van der Waals surface area contributed by atoms with Crippen molar-refractivity contribution in [3.05, 3.63) is 46.6 Å². The molecule has 0 unspecified atom stereocenters. The maximum Gasteiger partial charge on any atom is 0.223 e. The highest BCUT2D eigenvalue weighted by atomic mass is 35.5. The zero-order valence-electron chi connectivity index (χ0n) is 9.61. The van der Waals surface area contributed by atoms with Crippen LogP contribution in [0.3, 0.4) is 0 Å². The Hall–Kier alpha value is -1.39. The number of halogens is 1. The minimum absolute atomic E-state index is 0.597. The Morgan fingerprint density at radius 3 is 2.71 bits per heavy atom. The Kier molecular flexibility index (Phi) is 4.12. The second kappa shape index (κ2) is 5.80. The molecule has 0 aliphatic carbocycles. The van der Waals surface area contributed by atoms with Crippen molar-refractivity contribution < 1.29 is 4.52 Å². The number of nitrogens with zero attached hydrogens (tertiary/aromatic N) is 2. The number of aromatic nitrogens is 2. The smallest absolute Gasteiger partial charge is 0.223 e. The standard InChI is InChI=1S/C12H14ClN3O/c1-9-15-12(16-17-9)8-14-7-6-10-2-4-11(13)5-3-10/h2-5,14H,6-8H2,1H3. The Morgan fingerprint density at radius 2 is 2.06 bits per heavy atom. The van der Waals surface area contributed by atoms with Crippen molar-refractivity contribution in [1.82, 2.24) is 15.5 Å². The van der Waals surface area contributed by atoms with E-state index in [1.165, 1.54) is 5.56 Å². The van der Waals surface area contributed by atoms with Crippen LogP contribution in [0.5, 0.6) is 0 Å². The SMILES string of the molecule is Cc1nc(CNCCc2ccc(Cl)cc2)no1. The number of nitrogens with one attached hydrogen (secondary N) is 1. The molecule has 0 aliphatic heterocycles. The highest BCUT2D eigenvalue weighted by Crippen LogP contribution is 2.09. The van der Waals surface area contributed by atoms with E-state index in [2.05, 4.69) is 15.5 Å². The third-order valence-electron chi connectivity index (χ3n) is 2.36. The molecular formula is C12H14ClN3O. The quantitative estimate of drug-likeness (QED) is 0.829. The molecule has 1 aromatic carbocycles. The summed E-state index contributed by atoms with van der Waals surface area (Å²) in [4.78, 5) is 4.11. The first-order valence-corrected chi connectivity index (χ1v) is 5.86. The van der Waals surface area contributed by atoms with E-state index in [4.69, 9.17) is 16.1 Å². The van der Waals surface area contributed by atoms with Crippen LogP contribution in [0.15, 0.2) is 28.8 Å². The van der Waals surface area contributed by atoms with Gasteiger partial charge in [0.15, 0.2) is 5.82 Å². The number of hydrogen-bond acceptors (Lipinski definition) is 4. The second-order valence-electron chi connectivity index (χ2n) is 3.78. The van der Waals surface area contributed by atoms with Crippen LogP contribution in [-0.4, -0.2) is 16.7 Å². The van der Waals surface area contributed by atoms with E-state index in [1.54, 1.807) is 6.92 Å². The maximum atomic E-state index is 5.81. The minimum atomic E-state index is 0.597. The molecule has 5 heteroatoms. The third-order valence-corrected chi connectivity index (χ3v) is 2.61. The molecule has 0 saturated carbocycles. The largest absolute Gasteiger partial charge is 0.340 e. The van der Waals surface area contributed by atoms with Gasteiger partial charge in [0.05, 0.1) is 6.54 Å². The summed E-state index contributed by atoms with van der Waals surface area (Å²) in [7, 11) is 0. The first-order chi connectivity index (χ1) is 8.24. The molecule has 2 rings (SSSR count). The molecule has 1 aromatic heterocycles. The molecular weight excluding hydrogens is 238 g/mol. The van der Waals surface area contributed by atoms with E-state index in [0.29, 0.717) is 18.3 Å². The zero-order valence-corrected chi connectivity index (χ0v) is 10.4. The van der Waals surface area contributed by atoms with Gasteiger partial charge in [-0.05, 0) is 30.7 Å². The van der Waals surface area contributed by atoms with Gasteiger partial charge < -0.3 is 9.84 Å². The van der Waals surface area contributed by atoms with Crippen molar-refractivity contribution in [2.45, 2.75) is 19.9 Å². The van der Waals surface area contributed by atoms with Gasteiger partial charge in [-0.15, -0.1) is 0 Å². The lowest BCUT2D eigenvalue weighted by atomic mass is 10.1. The van der Waals surface area contributed by atoms with Crippen molar-refractivity contribution in [3.8, 4) is 0 Å². The number of hydrogen-bond donors (Lipinski definition) is 1. The summed E-state index contributed by atoms with van der Waals surface area (Å²) < 4.78 is 4.88. The van der Waals surface area contributed by atoms with Crippen LogP contribution in [0.2, 0.25) is 5.02 Å². The Morgan fingerprint density at radius 1 is 1.29 bits per heavy atom. The Labute approximate surface area is 105 Å². The van der Waals surface area contributed by atoms with E-state index >= 15 is 0 Å². The first-order valence-electron chi connectivity index (χ1n) is 5.48. The third kappa shape index (κ3) is 3.84. The first kappa shape index (κ1) is 12.1. The fourth-order valence-electron chi connectivity index (χ4n) is 1.50.